The highest BCUT2D eigenvalue weighted by atomic mass is 15.3. The molecule has 2 heterocycles. The summed E-state index contributed by atoms with van der Waals surface area (Å²) in [5, 5.41) is 4.28. The van der Waals surface area contributed by atoms with Crippen LogP contribution in [0.3, 0.4) is 0 Å². The molecule has 2 aromatic heterocycles. The lowest BCUT2D eigenvalue weighted by Crippen LogP contribution is -2.20. The Bertz CT molecular complexity index is 547. The zero-order chi connectivity index (χ0) is 14.5. The van der Waals surface area contributed by atoms with Crippen molar-refractivity contribution in [3.05, 3.63) is 41.7 Å². The second-order valence-electron chi connectivity index (χ2n) is 5.46. The Hall–Kier alpha value is -1.75. The van der Waals surface area contributed by atoms with Crippen LogP contribution in [0.25, 0.3) is 0 Å². The molecular formula is C15H23N5. The molecule has 0 aliphatic heterocycles. The van der Waals surface area contributed by atoms with Gasteiger partial charge in [-0.1, -0.05) is 26.8 Å². The highest BCUT2D eigenvalue weighted by Gasteiger charge is 2.16. The number of hydrogen-bond donors (Lipinski definition) is 1. The van der Waals surface area contributed by atoms with Gasteiger partial charge < -0.3 is 5.73 Å². The van der Waals surface area contributed by atoms with Gasteiger partial charge in [0.15, 0.2) is 0 Å². The average molecular weight is 273 g/mol. The van der Waals surface area contributed by atoms with E-state index in [1.54, 1.807) is 12.5 Å². The smallest absolute Gasteiger partial charge is 0.138 e. The second-order valence-corrected chi connectivity index (χ2v) is 5.46. The molecule has 0 saturated heterocycles. The zero-order valence-corrected chi connectivity index (χ0v) is 12.5. The summed E-state index contributed by atoms with van der Waals surface area (Å²) in [6, 6.07) is 3.90. The van der Waals surface area contributed by atoms with Gasteiger partial charge in [-0.15, -0.1) is 0 Å². The maximum atomic E-state index is 6.32. The first kappa shape index (κ1) is 14.7. The van der Waals surface area contributed by atoms with E-state index < -0.39 is 0 Å². The minimum Gasteiger partial charge on any atom is -0.322 e. The van der Waals surface area contributed by atoms with Crippen LogP contribution < -0.4 is 5.73 Å². The van der Waals surface area contributed by atoms with Crippen LogP contribution in [0.2, 0.25) is 0 Å². The van der Waals surface area contributed by atoms with Crippen LogP contribution >= 0.6 is 0 Å². The van der Waals surface area contributed by atoms with E-state index in [9.17, 15) is 0 Å². The third-order valence-electron chi connectivity index (χ3n) is 3.29. The molecule has 2 N–H and O–H groups in total. The molecule has 1 atom stereocenters. The standard InChI is InChI=1S/C15H23N5/c1-4-12-6-5-7-17-15(12)13(16)8-14-18-10-19-20(14)9-11(2)3/h5-7,10-11,13H,4,8-9,16H2,1-3H3. The van der Waals surface area contributed by atoms with Gasteiger partial charge in [-0.25, -0.2) is 9.67 Å². The highest BCUT2D eigenvalue weighted by Crippen LogP contribution is 2.17. The molecule has 1 unspecified atom stereocenters. The molecule has 0 fully saturated rings. The number of hydrogen-bond acceptors (Lipinski definition) is 4. The molecule has 5 nitrogen and oxygen atoms in total. The van der Waals surface area contributed by atoms with Crippen LogP contribution in [-0.4, -0.2) is 19.7 Å². The van der Waals surface area contributed by atoms with Gasteiger partial charge in [0.05, 0.1) is 11.7 Å². The Morgan fingerprint density at radius 3 is 2.80 bits per heavy atom. The molecule has 108 valence electrons. The van der Waals surface area contributed by atoms with E-state index >= 15 is 0 Å². The summed E-state index contributed by atoms with van der Waals surface area (Å²) in [7, 11) is 0. The molecule has 0 amide bonds. The fraction of sp³-hybridized carbons (Fsp3) is 0.533. The molecule has 0 radical (unpaired) electrons. The van der Waals surface area contributed by atoms with E-state index in [0.717, 1.165) is 24.5 Å². The maximum Gasteiger partial charge on any atom is 0.138 e. The van der Waals surface area contributed by atoms with Crippen molar-refractivity contribution >= 4 is 0 Å². The molecule has 0 saturated carbocycles. The Morgan fingerprint density at radius 2 is 2.10 bits per heavy atom. The van der Waals surface area contributed by atoms with E-state index in [1.807, 2.05) is 10.7 Å². The number of rotatable bonds is 6. The number of aromatic nitrogens is 4. The van der Waals surface area contributed by atoms with E-state index in [4.69, 9.17) is 5.73 Å². The van der Waals surface area contributed by atoms with Crippen molar-refractivity contribution in [1.82, 2.24) is 19.7 Å². The molecule has 0 aliphatic carbocycles. The summed E-state index contributed by atoms with van der Waals surface area (Å²) in [6.07, 6.45) is 5.00. The van der Waals surface area contributed by atoms with Crippen molar-refractivity contribution in [3.8, 4) is 0 Å². The van der Waals surface area contributed by atoms with Crippen LogP contribution in [0.1, 0.15) is 43.9 Å². The highest BCUT2D eigenvalue weighted by molar-refractivity contribution is 5.23. The topological polar surface area (TPSA) is 69.6 Å². The third kappa shape index (κ3) is 3.42. The minimum atomic E-state index is -0.138. The fourth-order valence-electron chi connectivity index (χ4n) is 2.32. The number of pyridine rings is 1. The molecule has 20 heavy (non-hydrogen) atoms. The van der Waals surface area contributed by atoms with Gasteiger partial charge >= 0.3 is 0 Å². The monoisotopic (exact) mass is 273 g/mol. The van der Waals surface area contributed by atoms with Gasteiger partial charge in [0.2, 0.25) is 0 Å². The Morgan fingerprint density at radius 1 is 1.30 bits per heavy atom. The van der Waals surface area contributed by atoms with Gasteiger partial charge in [0.1, 0.15) is 12.2 Å². The lowest BCUT2D eigenvalue weighted by molar-refractivity contribution is 0.458. The van der Waals surface area contributed by atoms with Crippen LogP contribution in [0.4, 0.5) is 0 Å². The molecular weight excluding hydrogens is 250 g/mol. The summed E-state index contributed by atoms with van der Waals surface area (Å²) in [6.45, 7) is 7.32. The first-order chi connectivity index (χ1) is 9.61. The summed E-state index contributed by atoms with van der Waals surface area (Å²) in [5.41, 5.74) is 8.49. The van der Waals surface area contributed by atoms with Crippen molar-refractivity contribution in [2.24, 2.45) is 11.7 Å². The first-order valence-electron chi connectivity index (χ1n) is 7.17. The van der Waals surface area contributed by atoms with E-state index in [-0.39, 0.29) is 6.04 Å². The zero-order valence-electron chi connectivity index (χ0n) is 12.5. The second kappa shape index (κ2) is 6.61. The largest absolute Gasteiger partial charge is 0.322 e. The van der Waals surface area contributed by atoms with Crippen LogP contribution in [0, 0.1) is 5.92 Å². The molecule has 0 bridgehead atoms. The molecule has 2 rings (SSSR count). The summed E-state index contributed by atoms with van der Waals surface area (Å²) >= 11 is 0. The van der Waals surface area contributed by atoms with Crippen molar-refractivity contribution in [1.29, 1.82) is 0 Å². The average Bonchev–Trinajstić information content (AvgIpc) is 2.85. The van der Waals surface area contributed by atoms with Crippen molar-refractivity contribution < 1.29 is 0 Å². The molecule has 0 aliphatic rings. The lowest BCUT2D eigenvalue weighted by atomic mass is 10.0. The molecule has 2 aromatic rings. The third-order valence-corrected chi connectivity index (χ3v) is 3.29. The van der Waals surface area contributed by atoms with Crippen LogP contribution in [0.5, 0.6) is 0 Å². The Balaban J connectivity index is 2.15. The normalized spacial score (nSPS) is 12.8. The summed E-state index contributed by atoms with van der Waals surface area (Å²) in [4.78, 5) is 8.77. The number of aryl methyl sites for hydroxylation is 1. The Labute approximate surface area is 120 Å². The number of nitrogens with two attached hydrogens (primary N) is 1. The summed E-state index contributed by atoms with van der Waals surface area (Å²) < 4.78 is 1.94. The molecule has 0 spiro atoms. The van der Waals surface area contributed by atoms with E-state index in [0.29, 0.717) is 12.3 Å². The maximum absolute atomic E-state index is 6.32. The van der Waals surface area contributed by atoms with Gasteiger partial charge in [0.25, 0.3) is 0 Å². The van der Waals surface area contributed by atoms with Gasteiger partial charge in [-0.05, 0) is 24.0 Å². The SMILES string of the molecule is CCc1cccnc1C(N)Cc1ncnn1CC(C)C. The van der Waals surface area contributed by atoms with Crippen molar-refractivity contribution in [2.75, 3.05) is 0 Å². The van der Waals surface area contributed by atoms with Gasteiger partial charge in [-0.3, -0.25) is 4.98 Å². The van der Waals surface area contributed by atoms with Crippen molar-refractivity contribution in [2.45, 2.75) is 46.2 Å². The lowest BCUT2D eigenvalue weighted by Gasteiger charge is -2.15. The predicted molar refractivity (Wildman–Crippen MR) is 79.1 cm³/mol. The van der Waals surface area contributed by atoms with Crippen LogP contribution in [-0.2, 0) is 19.4 Å². The fourth-order valence-corrected chi connectivity index (χ4v) is 2.32. The number of nitrogens with zero attached hydrogens (tertiary/aromatic N) is 4. The molecule has 5 heteroatoms. The Kier molecular flexibility index (Phi) is 4.84. The minimum absolute atomic E-state index is 0.138. The summed E-state index contributed by atoms with van der Waals surface area (Å²) in [5.74, 6) is 1.46. The van der Waals surface area contributed by atoms with E-state index in [1.165, 1.54) is 5.56 Å². The van der Waals surface area contributed by atoms with Gasteiger partial charge in [0, 0.05) is 19.2 Å². The quantitative estimate of drug-likeness (QED) is 0.875. The van der Waals surface area contributed by atoms with Crippen LogP contribution in [0.15, 0.2) is 24.7 Å². The molecule has 0 aromatic carbocycles. The van der Waals surface area contributed by atoms with Gasteiger partial charge in [-0.2, -0.15) is 5.10 Å². The first-order valence-corrected chi connectivity index (χ1v) is 7.17. The van der Waals surface area contributed by atoms with E-state index in [2.05, 4.69) is 41.9 Å². The van der Waals surface area contributed by atoms with Crippen molar-refractivity contribution in [3.63, 3.8) is 0 Å². The predicted octanol–water partition coefficient (Wildman–Crippen LogP) is 2.13.